The van der Waals surface area contributed by atoms with Crippen LogP contribution in [-0.2, 0) is 4.74 Å². The van der Waals surface area contributed by atoms with Crippen molar-refractivity contribution in [2.45, 2.75) is 69.2 Å². The maximum absolute atomic E-state index is 14.0. The highest BCUT2D eigenvalue weighted by atomic mass is 16.6. The van der Waals surface area contributed by atoms with Gasteiger partial charge < -0.3 is 49.7 Å². The van der Waals surface area contributed by atoms with E-state index in [9.17, 15) is 34.1 Å². The number of carbonyl (C=O) groups is 5. The van der Waals surface area contributed by atoms with Gasteiger partial charge in [-0.15, -0.1) is 0 Å². The number of amides is 4. The third-order valence-electron chi connectivity index (χ3n) is 10.4. The zero-order valence-corrected chi connectivity index (χ0v) is 43.8. The molecule has 0 radical (unpaired) electrons. The average Bonchev–Trinajstić information content (AvgIpc) is 3.35. The number of methoxy groups -OCH3 is 1. The van der Waals surface area contributed by atoms with E-state index in [-0.39, 0.29) is 124 Å². The summed E-state index contributed by atoms with van der Waals surface area (Å²) in [4.78, 5) is 78.6. The van der Waals surface area contributed by atoms with Crippen LogP contribution < -0.4 is 45.0 Å². The lowest BCUT2D eigenvalue weighted by atomic mass is 10.1. The Bertz CT molecular complexity index is 2820. The molecule has 0 aliphatic rings. The molecule has 0 atom stereocenters. The van der Waals surface area contributed by atoms with Crippen LogP contribution in [0.1, 0.15) is 121 Å². The molecule has 74 heavy (non-hydrogen) atoms. The van der Waals surface area contributed by atoms with Gasteiger partial charge in [0.05, 0.1) is 73.4 Å². The number of benzene rings is 5. The maximum Gasteiger partial charge on any atom is 0.337 e. The number of esters is 1. The van der Waals surface area contributed by atoms with Crippen LogP contribution in [0.15, 0.2) is 91.0 Å². The van der Waals surface area contributed by atoms with Gasteiger partial charge in [0.15, 0.2) is 5.75 Å². The summed E-state index contributed by atoms with van der Waals surface area (Å²) in [6.45, 7) is 20.8. The number of hydrogen-bond acceptors (Lipinski definition) is 13. The van der Waals surface area contributed by atoms with Crippen molar-refractivity contribution in [1.82, 2.24) is 0 Å². The minimum absolute atomic E-state index is 0.0361. The first-order valence-corrected chi connectivity index (χ1v) is 24.4. The summed E-state index contributed by atoms with van der Waals surface area (Å²) in [6, 6.07) is 22.2. The number of hydrogen-bond donors (Lipinski definition) is 4. The van der Waals surface area contributed by atoms with E-state index in [1.54, 1.807) is 24.3 Å². The SMILES string of the molecule is COC(=O)c1ccc(NC(=O)c2ccc(NC(=O)c3ccc(NC(=O)c4ccc(NC(=O)c5ccc([N+](=O)[O-])c(OCC(C)C)c5)c(OCC(C)C)c4)c(OCC(C)C)c3)c(OCC(C)C)c2)c(OCC(C)C)c1. The van der Waals surface area contributed by atoms with E-state index in [1.807, 2.05) is 69.2 Å². The van der Waals surface area contributed by atoms with E-state index >= 15 is 0 Å². The molecule has 0 heterocycles. The van der Waals surface area contributed by atoms with Crippen molar-refractivity contribution in [1.29, 1.82) is 0 Å². The highest BCUT2D eigenvalue weighted by Gasteiger charge is 2.23. The molecule has 18 nitrogen and oxygen atoms in total. The molecule has 18 heteroatoms. The lowest BCUT2D eigenvalue weighted by Crippen LogP contribution is -2.18. The Balaban J connectivity index is 1.38. The Hall–Kier alpha value is -8.15. The number of ether oxygens (including phenoxy) is 6. The maximum atomic E-state index is 14.0. The van der Waals surface area contributed by atoms with Crippen molar-refractivity contribution < 1.29 is 57.3 Å². The van der Waals surface area contributed by atoms with Crippen LogP contribution in [0.5, 0.6) is 28.7 Å². The number of nitrogens with zero attached hydrogens (tertiary/aromatic N) is 1. The van der Waals surface area contributed by atoms with Crippen molar-refractivity contribution in [2.24, 2.45) is 29.6 Å². The second-order valence-corrected chi connectivity index (χ2v) is 19.6. The second-order valence-electron chi connectivity index (χ2n) is 19.6. The van der Waals surface area contributed by atoms with Gasteiger partial charge in [0.1, 0.15) is 23.0 Å². The standard InChI is InChI=1S/C56H67N5O13/c1-32(2)27-70-47-22-37(52(62)58-43-18-13-39(24-48(43)71-28-33(3)4)54(64)60-45-20-15-41(56(66)69-11)26-50(45)73-30-35(7)8)12-17-42(47)57-53(63)38-14-19-44(49(23-38)72-29-34(5)6)59-55(65)40-16-21-46(61(67)68)51(25-40)74-31-36(9)10/h12-26,32-36H,27-31H2,1-11H3,(H,57,63)(H,58,62)(H,59,65)(H,60,64). The fourth-order valence-electron chi connectivity index (χ4n) is 6.63. The summed E-state index contributed by atoms with van der Waals surface area (Å²) < 4.78 is 34.9. The van der Waals surface area contributed by atoms with Crippen LogP contribution in [0.25, 0.3) is 0 Å². The highest BCUT2D eigenvalue weighted by Crippen LogP contribution is 2.35. The number of nitro benzene ring substituents is 1. The molecule has 0 saturated heterocycles. The van der Waals surface area contributed by atoms with Crippen LogP contribution in [0.2, 0.25) is 0 Å². The van der Waals surface area contributed by atoms with E-state index in [0.29, 0.717) is 23.7 Å². The smallest absolute Gasteiger partial charge is 0.337 e. The summed E-state index contributed by atoms with van der Waals surface area (Å²) >= 11 is 0. The molecule has 5 aromatic carbocycles. The van der Waals surface area contributed by atoms with Crippen LogP contribution in [0, 0.1) is 39.7 Å². The van der Waals surface area contributed by atoms with Crippen molar-refractivity contribution in [3.05, 3.63) is 129 Å². The number of anilines is 4. The molecule has 0 bridgehead atoms. The van der Waals surface area contributed by atoms with Gasteiger partial charge in [-0.1, -0.05) is 69.2 Å². The second kappa shape index (κ2) is 26.5. The van der Waals surface area contributed by atoms with Crippen LogP contribution >= 0.6 is 0 Å². The minimum Gasteiger partial charge on any atom is -0.491 e. The largest absolute Gasteiger partial charge is 0.491 e. The number of nitrogens with one attached hydrogen (secondary N) is 4. The number of nitro groups is 1. The topological polar surface area (TPSA) is 232 Å². The molecular weight excluding hydrogens is 951 g/mol. The zero-order valence-electron chi connectivity index (χ0n) is 43.8. The Labute approximate surface area is 431 Å². The van der Waals surface area contributed by atoms with Crippen LogP contribution in [0.4, 0.5) is 28.4 Å². The van der Waals surface area contributed by atoms with Gasteiger partial charge in [-0.25, -0.2) is 4.79 Å². The lowest BCUT2D eigenvalue weighted by Gasteiger charge is -2.18. The number of rotatable bonds is 25. The van der Waals surface area contributed by atoms with E-state index in [2.05, 4.69) is 21.3 Å². The molecule has 5 rings (SSSR count). The van der Waals surface area contributed by atoms with Gasteiger partial charge in [-0.05, 0) is 108 Å². The summed E-state index contributed by atoms with van der Waals surface area (Å²) in [7, 11) is 1.28. The van der Waals surface area contributed by atoms with Gasteiger partial charge in [0.25, 0.3) is 23.6 Å². The molecule has 5 aromatic rings. The first-order valence-electron chi connectivity index (χ1n) is 24.4. The van der Waals surface area contributed by atoms with E-state index in [4.69, 9.17) is 28.4 Å². The monoisotopic (exact) mass is 1020 g/mol. The van der Waals surface area contributed by atoms with E-state index in [1.165, 1.54) is 73.8 Å². The van der Waals surface area contributed by atoms with Gasteiger partial charge in [-0.3, -0.25) is 29.3 Å². The molecule has 0 aliphatic heterocycles. The molecule has 0 unspecified atom stereocenters. The van der Waals surface area contributed by atoms with E-state index in [0.717, 1.165) is 0 Å². The predicted molar refractivity (Wildman–Crippen MR) is 284 cm³/mol. The Morgan fingerprint density at radius 1 is 0.405 bits per heavy atom. The fraction of sp³-hybridized carbons (Fsp3) is 0.375. The van der Waals surface area contributed by atoms with Gasteiger partial charge in [0, 0.05) is 34.4 Å². The highest BCUT2D eigenvalue weighted by molar-refractivity contribution is 6.10. The number of carbonyl (C=O) groups excluding carboxylic acids is 5. The normalized spacial score (nSPS) is 11.1. The molecule has 394 valence electrons. The van der Waals surface area contributed by atoms with Crippen LogP contribution in [0.3, 0.4) is 0 Å². The van der Waals surface area contributed by atoms with E-state index < -0.39 is 34.5 Å². The van der Waals surface area contributed by atoms with Gasteiger partial charge in [0.2, 0.25) is 0 Å². The third kappa shape index (κ3) is 16.4. The molecule has 0 fully saturated rings. The predicted octanol–water partition coefficient (Wildman–Crippen LogP) is 11.6. The molecule has 0 spiro atoms. The Morgan fingerprint density at radius 2 is 0.649 bits per heavy atom. The fourth-order valence-corrected chi connectivity index (χ4v) is 6.63. The van der Waals surface area contributed by atoms with Crippen molar-refractivity contribution in [3.8, 4) is 28.7 Å². The average molecular weight is 1020 g/mol. The summed E-state index contributed by atoms with van der Waals surface area (Å²) in [5.41, 5.74) is 1.86. The first-order chi connectivity index (χ1) is 35.1. The third-order valence-corrected chi connectivity index (χ3v) is 10.4. The zero-order chi connectivity index (χ0) is 54.2. The lowest BCUT2D eigenvalue weighted by molar-refractivity contribution is -0.385. The summed E-state index contributed by atoms with van der Waals surface area (Å²) in [6.07, 6.45) is 0. The molecule has 0 saturated carbocycles. The van der Waals surface area contributed by atoms with Crippen molar-refractivity contribution in [2.75, 3.05) is 61.4 Å². The molecule has 0 aromatic heterocycles. The molecule has 0 aliphatic carbocycles. The molecular formula is C56H67N5O13. The minimum atomic E-state index is -0.583. The molecule has 4 N–H and O–H groups in total. The van der Waals surface area contributed by atoms with Gasteiger partial charge in [-0.2, -0.15) is 0 Å². The quantitative estimate of drug-likeness (QED) is 0.0242. The van der Waals surface area contributed by atoms with Crippen molar-refractivity contribution >= 4 is 58.0 Å². The summed E-state index contributed by atoms with van der Waals surface area (Å²) in [5.74, 6) is -1.26. The Kier molecular flexibility index (Phi) is 20.3. The van der Waals surface area contributed by atoms with Crippen LogP contribution in [-0.4, -0.2) is 74.7 Å². The summed E-state index contributed by atoms with van der Waals surface area (Å²) in [5, 5.41) is 23.1. The Morgan fingerprint density at radius 3 is 0.919 bits per heavy atom. The van der Waals surface area contributed by atoms with Crippen molar-refractivity contribution in [3.63, 3.8) is 0 Å². The molecule has 4 amide bonds. The van der Waals surface area contributed by atoms with Gasteiger partial charge >= 0.3 is 11.7 Å². The first kappa shape index (κ1) is 56.8.